The molecule has 1 N–H and O–H groups in total. The third-order valence-electron chi connectivity index (χ3n) is 4.33. The maximum Gasteiger partial charge on any atom is 0.262 e. The largest absolute Gasteiger partial charge is 0.308 e. The number of hydrogen-bond donors (Lipinski definition) is 1. The van der Waals surface area contributed by atoms with E-state index < -0.39 is 5.92 Å². The molecule has 0 saturated heterocycles. The van der Waals surface area contributed by atoms with Crippen LogP contribution in [0.4, 0.5) is 0 Å². The van der Waals surface area contributed by atoms with E-state index in [1.54, 1.807) is 0 Å². The lowest BCUT2D eigenvalue weighted by atomic mass is 10.0. The molecule has 0 spiro atoms. The van der Waals surface area contributed by atoms with E-state index in [0.717, 1.165) is 22.5 Å². The summed E-state index contributed by atoms with van der Waals surface area (Å²) >= 11 is 1.13. The maximum absolute atomic E-state index is 12.9. The molecule has 7 heteroatoms. The molecule has 0 amide bonds. The van der Waals surface area contributed by atoms with Crippen LogP contribution in [0.25, 0.3) is 21.7 Å². The molecule has 0 saturated carbocycles. The molecule has 0 aliphatic heterocycles. The highest BCUT2D eigenvalue weighted by molar-refractivity contribution is 7.99. The lowest BCUT2D eigenvalue weighted by Gasteiger charge is -2.12. The van der Waals surface area contributed by atoms with Crippen LogP contribution in [-0.4, -0.2) is 26.8 Å². The number of fused-ring (bicyclic) bond motifs is 2. The zero-order valence-corrected chi connectivity index (χ0v) is 15.8. The van der Waals surface area contributed by atoms with E-state index in [1.165, 1.54) is 11.5 Å². The Labute approximate surface area is 160 Å². The molecule has 27 heavy (non-hydrogen) atoms. The minimum atomic E-state index is -1.05. The number of carbonyl (C=O) groups is 1. The number of benzene rings is 2. The highest BCUT2D eigenvalue weighted by atomic mass is 32.2. The Morgan fingerprint density at radius 1 is 1.33 bits per heavy atom. The topological polar surface area (TPSA) is 99.6 Å². The lowest BCUT2D eigenvalue weighted by molar-refractivity contribution is -0.117. The smallest absolute Gasteiger partial charge is 0.262 e. The van der Waals surface area contributed by atoms with Crippen molar-refractivity contribution in [3.8, 4) is 6.07 Å². The molecule has 0 unspecified atom stereocenters. The van der Waals surface area contributed by atoms with Gasteiger partial charge in [0.2, 0.25) is 0 Å². The van der Waals surface area contributed by atoms with Gasteiger partial charge in [-0.1, -0.05) is 36.0 Å². The van der Waals surface area contributed by atoms with Crippen LogP contribution in [0.15, 0.2) is 46.3 Å². The van der Waals surface area contributed by atoms with Crippen LogP contribution in [0, 0.1) is 22.7 Å². The molecule has 3 rings (SSSR count). The van der Waals surface area contributed by atoms with Gasteiger partial charge in [-0.05, 0) is 36.8 Å². The van der Waals surface area contributed by atoms with Crippen molar-refractivity contribution in [2.45, 2.75) is 25.5 Å². The van der Waals surface area contributed by atoms with Crippen LogP contribution in [0.1, 0.15) is 13.8 Å². The zero-order chi connectivity index (χ0) is 19.6. The second kappa shape index (κ2) is 7.72. The number of rotatable bonds is 6. The summed E-state index contributed by atoms with van der Waals surface area (Å²) in [5.41, 5.74) is 0.454. The van der Waals surface area contributed by atoms with Crippen LogP contribution in [-0.2, 0) is 11.3 Å². The zero-order valence-electron chi connectivity index (χ0n) is 15.0. The van der Waals surface area contributed by atoms with Crippen LogP contribution in [0.5, 0.6) is 0 Å². The van der Waals surface area contributed by atoms with Crippen molar-refractivity contribution in [3.63, 3.8) is 0 Å². The van der Waals surface area contributed by atoms with E-state index >= 15 is 0 Å². The number of aromatic nitrogens is 2. The Morgan fingerprint density at radius 2 is 2.00 bits per heavy atom. The molecule has 0 aliphatic rings. The van der Waals surface area contributed by atoms with Gasteiger partial charge < -0.3 is 5.41 Å². The van der Waals surface area contributed by atoms with Crippen LogP contribution in [0.3, 0.4) is 0 Å². The van der Waals surface area contributed by atoms with Crippen molar-refractivity contribution < 1.29 is 4.79 Å². The molecule has 0 radical (unpaired) electrons. The minimum absolute atomic E-state index is 0.0139. The molecule has 136 valence electrons. The van der Waals surface area contributed by atoms with Crippen molar-refractivity contribution in [1.82, 2.24) is 9.55 Å². The van der Waals surface area contributed by atoms with E-state index in [9.17, 15) is 9.59 Å². The van der Waals surface area contributed by atoms with Gasteiger partial charge in [-0.15, -0.1) is 0 Å². The Kier molecular flexibility index (Phi) is 5.38. The van der Waals surface area contributed by atoms with Crippen molar-refractivity contribution in [2.75, 3.05) is 5.75 Å². The Morgan fingerprint density at radius 3 is 2.59 bits per heavy atom. The van der Waals surface area contributed by atoms with Gasteiger partial charge in [0.25, 0.3) is 5.56 Å². The lowest BCUT2D eigenvalue weighted by Crippen LogP contribution is -2.25. The average molecular weight is 378 g/mol. The fourth-order valence-electron chi connectivity index (χ4n) is 2.91. The number of carbonyl (C=O) groups excluding carboxylic acids is 1. The van der Waals surface area contributed by atoms with Gasteiger partial charge in [-0.2, -0.15) is 5.26 Å². The fourth-order valence-corrected chi connectivity index (χ4v) is 3.87. The monoisotopic (exact) mass is 378 g/mol. The average Bonchev–Trinajstić information content (AvgIpc) is 2.65. The summed E-state index contributed by atoms with van der Waals surface area (Å²) < 4.78 is 1.54. The summed E-state index contributed by atoms with van der Waals surface area (Å²) in [5.74, 6) is -1.42. The number of ketones is 1. The van der Waals surface area contributed by atoms with Crippen molar-refractivity contribution >= 4 is 44.9 Å². The molecule has 6 nitrogen and oxygen atoms in total. The standard InChI is InChI=1S/C20H18N4O2S/c1-3-24-19(26)15-8-13-6-4-5-7-14(13)9-17(15)23-20(24)27-11-18(25)16(10-21)12(2)22/h4-9,16,22H,3,11H2,1-2H3/t16-/m1/s1. The summed E-state index contributed by atoms with van der Waals surface area (Å²) in [6.07, 6.45) is 0. The second-order valence-electron chi connectivity index (χ2n) is 6.16. The van der Waals surface area contributed by atoms with Crippen LogP contribution >= 0.6 is 11.8 Å². The maximum atomic E-state index is 12.9. The van der Waals surface area contributed by atoms with Gasteiger partial charge in [0.15, 0.2) is 10.9 Å². The molecule has 2 aromatic carbocycles. The number of nitrogens with one attached hydrogen (secondary N) is 1. The fraction of sp³-hybridized carbons (Fsp3) is 0.250. The minimum Gasteiger partial charge on any atom is -0.308 e. The summed E-state index contributed by atoms with van der Waals surface area (Å²) in [5, 5.41) is 19.5. The normalized spacial score (nSPS) is 12.0. The summed E-state index contributed by atoms with van der Waals surface area (Å²) in [7, 11) is 0. The number of thioether (sulfide) groups is 1. The molecule has 1 aromatic heterocycles. The Balaban J connectivity index is 2.03. The molecule has 0 bridgehead atoms. The number of nitriles is 1. The number of Topliss-reactive ketones (excluding diaryl/α,β-unsaturated/α-hetero) is 1. The first-order valence-electron chi connectivity index (χ1n) is 8.49. The molecule has 0 aliphatic carbocycles. The SMILES string of the molecule is CCn1c(SCC(=O)[C@H](C#N)C(C)=N)nc2cc3ccccc3cc2c1=O. The summed E-state index contributed by atoms with van der Waals surface area (Å²) in [4.78, 5) is 29.7. The third kappa shape index (κ3) is 3.62. The molecular weight excluding hydrogens is 360 g/mol. The quantitative estimate of drug-likeness (QED) is 0.307. The van der Waals surface area contributed by atoms with Gasteiger partial charge >= 0.3 is 0 Å². The molecule has 3 aromatic rings. The van der Waals surface area contributed by atoms with Gasteiger partial charge in [0.1, 0.15) is 5.92 Å². The number of hydrogen-bond acceptors (Lipinski definition) is 6. The molecule has 0 fully saturated rings. The second-order valence-corrected chi connectivity index (χ2v) is 7.10. The van der Waals surface area contributed by atoms with Crippen LogP contribution < -0.4 is 5.56 Å². The van der Waals surface area contributed by atoms with Gasteiger partial charge in [0, 0.05) is 12.3 Å². The van der Waals surface area contributed by atoms with E-state index in [4.69, 9.17) is 10.7 Å². The Hall–Kier alpha value is -2.98. The van der Waals surface area contributed by atoms with E-state index in [1.807, 2.05) is 49.4 Å². The van der Waals surface area contributed by atoms with Crippen LogP contribution in [0.2, 0.25) is 0 Å². The predicted octanol–water partition coefficient (Wildman–Crippen LogP) is 3.41. The van der Waals surface area contributed by atoms with Gasteiger partial charge in [0.05, 0.1) is 22.7 Å². The van der Waals surface area contributed by atoms with E-state index in [2.05, 4.69) is 4.98 Å². The van der Waals surface area contributed by atoms with Crippen molar-refractivity contribution in [1.29, 1.82) is 10.7 Å². The third-order valence-corrected chi connectivity index (χ3v) is 5.33. The molecular formula is C20H18N4O2S. The number of nitrogens with zero attached hydrogens (tertiary/aromatic N) is 3. The molecule has 1 heterocycles. The highest BCUT2D eigenvalue weighted by Crippen LogP contribution is 2.23. The molecule has 1 atom stereocenters. The first-order valence-corrected chi connectivity index (χ1v) is 9.48. The first-order chi connectivity index (χ1) is 13.0. The Bertz CT molecular complexity index is 1160. The highest BCUT2D eigenvalue weighted by Gasteiger charge is 2.21. The first kappa shape index (κ1) is 18.8. The van der Waals surface area contributed by atoms with Gasteiger partial charge in [-0.25, -0.2) is 4.98 Å². The van der Waals surface area contributed by atoms with Gasteiger partial charge in [-0.3, -0.25) is 14.2 Å². The summed E-state index contributed by atoms with van der Waals surface area (Å²) in [6, 6.07) is 13.3. The van der Waals surface area contributed by atoms with Crippen molar-refractivity contribution in [2.24, 2.45) is 5.92 Å². The van der Waals surface area contributed by atoms with E-state index in [0.29, 0.717) is 22.6 Å². The van der Waals surface area contributed by atoms with E-state index in [-0.39, 0.29) is 22.8 Å². The predicted molar refractivity (Wildman–Crippen MR) is 107 cm³/mol. The van der Waals surface area contributed by atoms with Crippen molar-refractivity contribution in [3.05, 3.63) is 46.8 Å². The summed E-state index contributed by atoms with van der Waals surface area (Å²) in [6.45, 7) is 3.72.